The molecule has 0 bridgehead atoms. The van der Waals surface area contributed by atoms with Crippen molar-refractivity contribution in [1.82, 2.24) is 4.90 Å². The molecule has 1 N–H and O–H groups in total. The Labute approximate surface area is 164 Å². The van der Waals surface area contributed by atoms with Crippen molar-refractivity contribution in [3.8, 4) is 0 Å². The number of nitro benzene ring substituents is 1. The van der Waals surface area contributed by atoms with Gasteiger partial charge in [-0.15, -0.1) is 0 Å². The molecule has 2 unspecified atom stereocenters. The van der Waals surface area contributed by atoms with Crippen LogP contribution in [0.2, 0.25) is 0 Å². The lowest BCUT2D eigenvalue weighted by Crippen LogP contribution is -2.45. The van der Waals surface area contributed by atoms with Gasteiger partial charge in [-0.1, -0.05) is 13.8 Å². The van der Waals surface area contributed by atoms with Gasteiger partial charge in [-0.25, -0.2) is 0 Å². The van der Waals surface area contributed by atoms with Gasteiger partial charge in [-0.3, -0.25) is 19.7 Å². The SMILES string of the molecule is CC1CCN(c2ccc(C(=O)N3CC(C)CC(C(=O)O)C3)cc2[N+](=O)[O-])CC1. The van der Waals surface area contributed by atoms with Gasteiger partial charge in [0.25, 0.3) is 11.6 Å². The molecule has 8 nitrogen and oxygen atoms in total. The quantitative estimate of drug-likeness (QED) is 0.627. The van der Waals surface area contributed by atoms with Crippen LogP contribution in [0.4, 0.5) is 11.4 Å². The van der Waals surface area contributed by atoms with E-state index in [0.29, 0.717) is 24.6 Å². The molecule has 1 aromatic carbocycles. The van der Waals surface area contributed by atoms with Crippen molar-refractivity contribution in [3.63, 3.8) is 0 Å². The highest BCUT2D eigenvalue weighted by atomic mass is 16.6. The van der Waals surface area contributed by atoms with Crippen molar-refractivity contribution in [1.29, 1.82) is 0 Å². The van der Waals surface area contributed by atoms with Crippen LogP contribution in [-0.2, 0) is 4.79 Å². The van der Waals surface area contributed by atoms with Crippen molar-refractivity contribution in [2.75, 3.05) is 31.1 Å². The Balaban J connectivity index is 1.84. The Morgan fingerprint density at radius 1 is 1.14 bits per heavy atom. The lowest BCUT2D eigenvalue weighted by atomic mass is 9.90. The van der Waals surface area contributed by atoms with Crippen molar-refractivity contribution in [2.45, 2.75) is 33.1 Å². The highest BCUT2D eigenvalue weighted by Crippen LogP contribution is 2.33. The fourth-order valence-electron chi connectivity index (χ4n) is 4.20. The Kier molecular flexibility index (Phi) is 5.86. The molecule has 2 fully saturated rings. The van der Waals surface area contributed by atoms with E-state index in [4.69, 9.17) is 0 Å². The zero-order chi connectivity index (χ0) is 20.4. The third kappa shape index (κ3) is 4.26. The van der Waals surface area contributed by atoms with E-state index in [9.17, 15) is 24.8 Å². The van der Waals surface area contributed by atoms with Crippen molar-refractivity contribution in [2.24, 2.45) is 17.8 Å². The zero-order valence-electron chi connectivity index (χ0n) is 16.3. The number of likely N-dealkylation sites (tertiary alicyclic amines) is 1. The molecule has 152 valence electrons. The average Bonchev–Trinajstić information content (AvgIpc) is 2.67. The summed E-state index contributed by atoms with van der Waals surface area (Å²) in [5, 5.41) is 21.0. The molecule has 2 saturated heterocycles. The molecule has 2 aliphatic rings. The lowest BCUT2D eigenvalue weighted by molar-refractivity contribution is -0.384. The molecule has 1 aromatic rings. The van der Waals surface area contributed by atoms with Gasteiger partial charge >= 0.3 is 5.97 Å². The Morgan fingerprint density at radius 2 is 1.82 bits per heavy atom. The number of carboxylic acid groups (broad SMARTS) is 1. The van der Waals surface area contributed by atoms with Gasteiger partial charge in [-0.2, -0.15) is 0 Å². The summed E-state index contributed by atoms with van der Waals surface area (Å²) < 4.78 is 0. The number of benzene rings is 1. The van der Waals surface area contributed by atoms with E-state index in [1.807, 2.05) is 11.8 Å². The minimum atomic E-state index is -0.912. The summed E-state index contributed by atoms with van der Waals surface area (Å²) in [6.07, 6.45) is 2.51. The predicted molar refractivity (Wildman–Crippen MR) is 105 cm³/mol. The van der Waals surface area contributed by atoms with Gasteiger partial charge in [0, 0.05) is 37.8 Å². The number of hydrogen-bond donors (Lipinski definition) is 1. The van der Waals surface area contributed by atoms with Crippen LogP contribution in [0.1, 0.15) is 43.5 Å². The van der Waals surface area contributed by atoms with E-state index in [1.54, 1.807) is 12.1 Å². The number of rotatable bonds is 4. The van der Waals surface area contributed by atoms with Crippen LogP contribution in [0, 0.1) is 27.9 Å². The topological polar surface area (TPSA) is 104 Å². The number of aliphatic carboxylic acids is 1. The third-order valence-corrected chi connectivity index (χ3v) is 5.84. The summed E-state index contributed by atoms with van der Waals surface area (Å²) >= 11 is 0. The first kappa shape index (κ1) is 20.1. The van der Waals surface area contributed by atoms with Gasteiger partial charge in [-0.05, 0) is 43.2 Å². The highest BCUT2D eigenvalue weighted by molar-refractivity contribution is 5.96. The molecule has 1 amide bonds. The minimum Gasteiger partial charge on any atom is -0.481 e. The molecule has 0 aliphatic carbocycles. The largest absolute Gasteiger partial charge is 0.481 e. The second-order valence-corrected chi connectivity index (χ2v) is 8.22. The van der Waals surface area contributed by atoms with E-state index in [2.05, 4.69) is 6.92 Å². The molecular weight excluding hydrogens is 362 g/mol. The van der Waals surface area contributed by atoms with E-state index in [-0.39, 0.29) is 29.6 Å². The van der Waals surface area contributed by atoms with Crippen molar-refractivity contribution < 1.29 is 19.6 Å². The minimum absolute atomic E-state index is 0.0692. The van der Waals surface area contributed by atoms with Crippen LogP contribution in [0.25, 0.3) is 0 Å². The molecule has 0 aromatic heterocycles. The monoisotopic (exact) mass is 389 g/mol. The number of nitro groups is 1. The van der Waals surface area contributed by atoms with Gasteiger partial charge in [0.2, 0.25) is 0 Å². The van der Waals surface area contributed by atoms with Crippen LogP contribution in [-0.4, -0.2) is 53.0 Å². The lowest BCUT2D eigenvalue weighted by Gasteiger charge is -2.35. The van der Waals surface area contributed by atoms with Crippen molar-refractivity contribution in [3.05, 3.63) is 33.9 Å². The molecule has 2 aliphatic heterocycles. The van der Waals surface area contributed by atoms with Crippen LogP contribution >= 0.6 is 0 Å². The number of carboxylic acids is 1. The summed E-state index contributed by atoms with van der Waals surface area (Å²) in [5.41, 5.74) is 0.711. The average molecular weight is 389 g/mol. The second kappa shape index (κ2) is 8.16. The molecule has 3 rings (SSSR count). The number of amides is 1. The zero-order valence-corrected chi connectivity index (χ0v) is 16.3. The van der Waals surface area contributed by atoms with E-state index in [1.165, 1.54) is 11.0 Å². The highest BCUT2D eigenvalue weighted by Gasteiger charge is 2.33. The smallest absolute Gasteiger partial charge is 0.308 e. The summed E-state index contributed by atoms with van der Waals surface area (Å²) in [6.45, 7) is 6.22. The van der Waals surface area contributed by atoms with E-state index in [0.717, 1.165) is 25.9 Å². The number of carbonyl (C=O) groups is 2. The van der Waals surface area contributed by atoms with Gasteiger partial charge in [0.15, 0.2) is 0 Å². The van der Waals surface area contributed by atoms with Crippen LogP contribution in [0.15, 0.2) is 18.2 Å². The molecule has 2 heterocycles. The van der Waals surface area contributed by atoms with E-state index >= 15 is 0 Å². The molecule has 0 saturated carbocycles. The van der Waals surface area contributed by atoms with Crippen LogP contribution in [0.5, 0.6) is 0 Å². The maximum Gasteiger partial charge on any atom is 0.308 e. The summed E-state index contributed by atoms with van der Waals surface area (Å²) in [6, 6.07) is 4.62. The number of nitrogens with zero attached hydrogens (tertiary/aromatic N) is 3. The Bertz CT molecular complexity index is 773. The molecule has 0 radical (unpaired) electrons. The Morgan fingerprint density at radius 3 is 2.43 bits per heavy atom. The maximum absolute atomic E-state index is 12.9. The van der Waals surface area contributed by atoms with Gasteiger partial charge in [0.05, 0.1) is 10.8 Å². The number of anilines is 1. The van der Waals surface area contributed by atoms with E-state index < -0.39 is 16.8 Å². The molecule has 0 spiro atoms. The fourth-order valence-corrected chi connectivity index (χ4v) is 4.20. The number of piperidine rings is 2. The number of hydrogen-bond acceptors (Lipinski definition) is 5. The van der Waals surface area contributed by atoms with Crippen LogP contribution in [0.3, 0.4) is 0 Å². The van der Waals surface area contributed by atoms with Gasteiger partial charge < -0.3 is 14.9 Å². The van der Waals surface area contributed by atoms with Crippen molar-refractivity contribution >= 4 is 23.3 Å². The first-order valence-electron chi connectivity index (χ1n) is 9.81. The number of carbonyl (C=O) groups excluding carboxylic acids is 1. The fraction of sp³-hybridized carbons (Fsp3) is 0.600. The van der Waals surface area contributed by atoms with Gasteiger partial charge in [0.1, 0.15) is 5.69 Å². The standard InChI is InChI=1S/C20H27N3O5/c1-13-5-7-21(8-6-13)17-4-3-15(10-18(17)23(27)28)19(24)22-11-14(2)9-16(12-22)20(25)26/h3-4,10,13-14,16H,5-9,11-12H2,1-2H3,(H,25,26). The molecule has 8 heteroatoms. The summed E-state index contributed by atoms with van der Waals surface area (Å²) in [7, 11) is 0. The molecule has 2 atom stereocenters. The predicted octanol–water partition coefficient (Wildman–Crippen LogP) is 3.01. The summed E-state index contributed by atoms with van der Waals surface area (Å²) in [4.78, 5) is 39.0. The first-order valence-corrected chi connectivity index (χ1v) is 9.81. The normalized spacial score (nSPS) is 23.5. The third-order valence-electron chi connectivity index (χ3n) is 5.84. The Hall–Kier alpha value is -2.64. The second-order valence-electron chi connectivity index (χ2n) is 8.22. The summed E-state index contributed by atoms with van der Waals surface area (Å²) in [5.74, 6) is -1.18. The first-order chi connectivity index (χ1) is 13.3. The molecule has 28 heavy (non-hydrogen) atoms. The van der Waals surface area contributed by atoms with Crippen LogP contribution < -0.4 is 4.90 Å². The molecular formula is C20H27N3O5. The maximum atomic E-state index is 12.9.